The Morgan fingerprint density at radius 2 is 1.73 bits per heavy atom. The second-order valence-corrected chi connectivity index (χ2v) is 12.5. The molecule has 1 saturated carbocycles. The molecule has 41 heavy (non-hydrogen) atoms. The molecule has 6 heteroatoms. The first-order chi connectivity index (χ1) is 19.3. The third-order valence-corrected chi connectivity index (χ3v) is 9.67. The quantitative estimate of drug-likeness (QED) is 0.396. The van der Waals surface area contributed by atoms with E-state index in [1.807, 2.05) is 13.1 Å². The van der Waals surface area contributed by atoms with Gasteiger partial charge in [0.25, 0.3) is 0 Å². The fourth-order valence-electron chi connectivity index (χ4n) is 7.10. The monoisotopic (exact) mass is 560 g/mol. The van der Waals surface area contributed by atoms with Crippen LogP contribution in [0.15, 0.2) is 54.7 Å². The molecule has 1 unspecified atom stereocenters. The minimum atomic E-state index is -0.965. The molecule has 2 fully saturated rings. The van der Waals surface area contributed by atoms with Gasteiger partial charge in [-0.3, -0.25) is 9.88 Å². The van der Waals surface area contributed by atoms with Crippen LogP contribution in [0, 0.1) is 18.8 Å². The molecule has 0 bridgehead atoms. The number of carbonyl (C=O) groups is 1. The van der Waals surface area contributed by atoms with E-state index in [1.54, 1.807) is 6.92 Å². The SMILES string of the molecule is Cc1cc(-c2ccc(C3CCc4ccc([C@H](C5CC5)[C@H](C)C(=O)[O-])cc4O3)c(CN3[C@H](C)CC[C@@H]3C)c2)ccn1.[Na+]. The molecular formula is C35H41N2NaO3. The van der Waals surface area contributed by atoms with E-state index in [2.05, 4.69) is 72.3 Å². The molecule has 1 aromatic heterocycles. The van der Waals surface area contributed by atoms with Gasteiger partial charge in [0.05, 0.1) is 0 Å². The molecule has 1 saturated heterocycles. The van der Waals surface area contributed by atoms with E-state index in [0.717, 1.165) is 49.2 Å². The molecule has 5 nitrogen and oxygen atoms in total. The second-order valence-electron chi connectivity index (χ2n) is 12.5. The summed E-state index contributed by atoms with van der Waals surface area (Å²) in [6, 6.07) is 18.6. The number of benzene rings is 2. The summed E-state index contributed by atoms with van der Waals surface area (Å²) in [5, 5.41) is 11.8. The smallest absolute Gasteiger partial charge is 0.550 e. The van der Waals surface area contributed by atoms with Gasteiger partial charge in [0, 0.05) is 42.4 Å². The summed E-state index contributed by atoms with van der Waals surface area (Å²) in [5.74, 6) is -0.160. The zero-order valence-corrected chi connectivity index (χ0v) is 27.2. The molecule has 210 valence electrons. The summed E-state index contributed by atoms with van der Waals surface area (Å²) >= 11 is 0. The molecule has 0 N–H and O–H groups in total. The number of aliphatic carboxylic acids is 1. The third kappa shape index (κ3) is 6.44. The molecular weight excluding hydrogens is 519 g/mol. The van der Waals surface area contributed by atoms with Crippen LogP contribution >= 0.6 is 0 Å². The van der Waals surface area contributed by atoms with Gasteiger partial charge in [-0.2, -0.15) is 0 Å². The van der Waals surface area contributed by atoms with Crippen molar-refractivity contribution in [3.8, 4) is 16.9 Å². The van der Waals surface area contributed by atoms with Gasteiger partial charge in [-0.25, -0.2) is 0 Å². The first-order valence-corrected chi connectivity index (χ1v) is 15.1. The summed E-state index contributed by atoms with van der Waals surface area (Å²) in [6.07, 6.45) is 8.39. The van der Waals surface area contributed by atoms with Gasteiger partial charge in [-0.15, -0.1) is 0 Å². The number of likely N-dealkylation sites (tertiary alicyclic amines) is 1. The zero-order chi connectivity index (χ0) is 28.0. The molecule has 2 aliphatic heterocycles. The maximum absolute atomic E-state index is 11.8. The Morgan fingerprint density at radius 1 is 1.00 bits per heavy atom. The topological polar surface area (TPSA) is 65.5 Å². The number of fused-ring (bicyclic) bond motifs is 1. The molecule has 6 rings (SSSR count). The number of aromatic nitrogens is 1. The van der Waals surface area contributed by atoms with Crippen molar-refractivity contribution >= 4 is 5.97 Å². The van der Waals surface area contributed by atoms with Crippen LogP contribution in [0.25, 0.3) is 11.1 Å². The van der Waals surface area contributed by atoms with Gasteiger partial charge in [-0.1, -0.05) is 31.2 Å². The van der Waals surface area contributed by atoms with Crippen molar-refractivity contribution in [2.75, 3.05) is 0 Å². The van der Waals surface area contributed by atoms with Gasteiger partial charge in [-0.05, 0) is 129 Å². The van der Waals surface area contributed by atoms with E-state index in [4.69, 9.17) is 4.74 Å². The number of ether oxygens (including phenoxy) is 1. The number of aryl methyl sites for hydroxylation is 2. The van der Waals surface area contributed by atoms with Gasteiger partial charge in [0.2, 0.25) is 0 Å². The fraction of sp³-hybridized carbons (Fsp3) is 0.486. The van der Waals surface area contributed by atoms with Crippen LogP contribution < -0.4 is 39.4 Å². The van der Waals surface area contributed by atoms with Crippen LogP contribution in [0.4, 0.5) is 0 Å². The van der Waals surface area contributed by atoms with E-state index < -0.39 is 11.9 Å². The molecule has 0 radical (unpaired) electrons. The van der Waals surface area contributed by atoms with Crippen LogP contribution in [0.5, 0.6) is 5.75 Å². The van der Waals surface area contributed by atoms with E-state index in [1.165, 1.54) is 40.7 Å². The standard InChI is InChI=1S/C35H42N2O3.Na/c1-21-17-28(15-16-36-21)27-11-13-31(30(18-27)20-37-22(2)5-6-23(37)3)32-14-12-25-7-10-29(19-33(25)40-32)34(26-8-9-26)24(4)35(38)39;/h7,10-11,13,15-19,22-24,26,32,34H,5-6,8-9,12,14,20H2,1-4H3,(H,38,39);/q;+1/p-1/t22-,23+,24-,32?,34-;/m0./s1. The number of pyridine rings is 1. The number of hydrogen-bond donors (Lipinski definition) is 0. The summed E-state index contributed by atoms with van der Waals surface area (Å²) in [6.45, 7) is 9.43. The van der Waals surface area contributed by atoms with Crippen LogP contribution in [0.1, 0.15) is 92.8 Å². The van der Waals surface area contributed by atoms with Crippen molar-refractivity contribution in [1.82, 2.24) is 9.88 Å². The van der Waals surface area contributed by atoms with Crippen LogP contribution in [-0.4, -0.2) is 27.9 Å². The Bertz CT molecular complexity index is 1390. The zero-order valence-electron chi connectivity index (χ0n) is 25.2. The average molecular weight is 561 g/mol. The van der Waals surface area contributed by atoms with Crippen molar-refractivity contribution in [1.29, 1.82) is 0 Å². The van der Waals surface area contributed by atoms with Crippen LogP contribution in [0.3, 0.4) is 0 Å². The summed E-state index contributed by atoms with van der Waals surface area (Å²) in [4.78, 5) is 18.8. The largest absolute Gasteiger partial charge is 1.00 e. The summed E-state index contributed by atoms with van der Waals surface area (Å²) in [7, 11) is 0. The molecule has 3 heterocycles. The summed E-state index contributed by atoms with van der Waals surface area (Å²) in [5.41, 5.74) is 8.30. The Kier molecular flexibility index (Phi) is 9.30. The van der Waals surface area contributed by atoms with Crippen LogP contribution in [0.2, 0.25) is 0 Å². The molecule has 3 aliphatic rings. The minimum absolute atomic E-state index is 0. The van der Waals surface area contributed by atoms with E-state index in [9.17, 15) is 9.90 Å². The molecule has 0 amide bonds. The summed E-state index contributed by atoms with van der Waals surface area (Å²) < 4.78 is 6.78. The van der Waals surface area contributed by atoms with Gasteiger partial charge < -0.3 is 14.6 Å². The Morgan fingerprint density at radius 3 is 2.41 bits per heavy atom. The average Bonchev–Trinajstić information content (AvgIpc) is 3.74. The van der Waals surface area contributed by atoms with Crippen LogP contribution in [-0.2, 0) is 17.8 Å². The fourth-order valence-corrected chi connectivity index (χ4v) is 7.10. The number of rotatable bonds is 8. The molecule has 5 atom stereocenters. The van der Waals surface area contributed by atoms with Crippen molar-refractivity contribution in [2.45, 2.75) is 96.9 Å². The van der Waals surface area contributed by atoms with Crippen molar-refractivity contribution in [3.05, 3.63) is 82.7 Å². The minimum Gasteiger partial charge on any atom is -0.550 e. The first-order valence-electron chi connectivity index (χ1n) is 15.1. The first kappa shape index (κ1) is 30.3. The Labute approximate surface area is 267 Å². The van der Waals surface area contributed by atoms with Gasteiger partial charge >= 0.3 is 29.6 Å². The number of carboxylic acid groups (broad SMARTS) is 1. The number of hydrogen-bond acceptors (Lipinski definition) is 5. The van der Waals surface area contributed by atoms with Crippen molar-refractivity contribution in [3.63, 3.8) is 0 Å². The van der Waals surface area contributed by atoms with Gasteiger partial charge in [0.1, 0.15) is 11.9 Å². The molecule has 3 aromatic rings. The maximum atomic E-state index is 11.8. The maximum Gasteiger partial charge on any atom is 1.00 e. The number of nitrogens with zero attached hydrogens (tertiary/aromatic N) is 2. The molecule has 0 spiro atoms. The second kappa shape index (κ2) is 12.6. The number of carbonyl (C=O) groups excluding carboxylic acids is 1. The normalized spacial score (nSPS) is 23.7. The van der Waals surface area contributed by atoms with Gasteiger partial charge in [0.15, 0.2) is 0 Å². The Balaban J connectivity index is 0.00000337. The molecule has 2 aromatic carbocycles. The Hall–Kier alpha value is -2.18. The number of carboxylic acids is 1. The predicted octanol–water partition coefficient (Wildman–Crippen LogP) is 3.38. The predicted molar refractivity (Wildman–Crippen MR) is 156 cm³/mol. The van der Waals surface area contributed by atoms with Crippen molar-refractivity contribution < 1.29 is 44.2 Å². The molecule has 1 aliphatic carbocycles. The van der Waals surface area contributed by atoms with E-state index in [0.29, 0.717) is 18.0 Å². The van der Waals surface area contributed by atoms with E-state index >= 15 is 0 Å². The van der Waals surface area contributed by atoms with E-state index in [-0.39, 0.29) is 41.6 Å². The van der Waals surface area contributed by atoms with Crippen molar-refractivity contribution in [2.24, 2.45) is 11.8 Å². The third-order valence-electron chi connectivity index (χ3n) is 9.67.